The number of pyridine rings is 1. The van der Waals surface area contributed by atoms with Gasteiger partial charge in [-0.05, 0) is 80.3 Å². The lowest BCUT2D eigenvalue weighted by Crippen LogP contribution is -2.21. The van der Waals surface area contributed by atoms with Crippen LogP contribution in [-0.4, -0.2) is 15.3 Å². The van der Waals surface area contributed by atoms with Gasteiger partial charge in [0.2, 0.25) is 5.88 Å². The van der Waals surface area contributed by atoms with Gasteiger partial charge in [-0.15, -0.1) is 0 Å². The molecule has 4 aromatic rings. The van der Waals surface area contributed by atoms with Crippen LogP contribution in [0, 0.1) is 39.0 Å². The number of aromatic nitrogens is 2. The van der Waals surface area contributed by atoms with Gasteiger partial charge >= 0.3 is 0 Å². The Bertz CT molecular complexity index is 1590. The zero-order chi connectivity index (χ0) is 25.1. The number of hydrogen-bond acceptors (Lipinski definition) is 5. The average Bonchev–Trinajstić information content (AvgIpc) is 2.82. The van der Waals surface area contributed by atoms with Crippen molar-refractivity contribution in [2.75, 3.05) is 5.32 Å². The molecule has 0 fully saturated rings. The van der Waals surface area contributed by atoms with E-state index in [2.05, 4.69) is 10.3 Å². The summed E-state index contributed by atoms with van der Waals surface area (Å²) < 4.78 is 7.49. The Labute approximate surface area is 203 Å². The molecule has 2 heterocycles. The molecule has 35 heavy (non-hydrogen) atoms. The Balaban J connectivity index is 1.86. The van der Waals surface area contributed by atoms with Gasteiger partial charge in [0.25, 0.3) is 11.5 Å². The van der Waals surface area contributed by atoms with Crippen LogP contribution in [0.15, 0.2) is 71.2 Å². The molecule has 1 amide bonds. The summed E-state index contributed by atoms with van der Waals surface area (Å²) in [6.07, 6.45) is 2.82. The number of fused-ring (bicyclic) bond motifs is 1. The van der Waals surface area contributed by atoms with Crippen molar-refractivity contribution in [3.05, 3.63) is 105 Å². The summed E-state index contributed by atoms with van der Waals surface area (Å²) in [5.41, 5.74) is 3.94. The lowest BCUT2D eigenvalue weighted by molar-refractivity contribution is -0.112. The van der Waals surface area contributed by atoms with Crippen molar-refractivity contribution in [2.45, 2.75) is 27.7 Å². The summed E-state index contributed by atoms with van der Waals surface area (Å²) in [5, 5.41) is 12.5. The minimum atomic E-state index is -0.635. The van der Waals surface area contributed by atoms with Gasteiger partial charge in [-0.1, -0.05) is 30.3 Å². The van der Waals surface area contributed by atoms with E-state index in [4.69, 9.17) is 4.74 Å². The van der Waals surface area contributed by atoms with Crippen LogP contribution < -0.4 is 15.6 Å². The molecule has 7 heteroatoms. The zero-order valence-electron chi connectivity index (χ0n) is 19.9. The van der Waals surface area contributed by atoms with Crippen molar-refractivity contribution in [2.24, 2.45) is 0 Å². The van der Waals surface area contributed by atoms with E-state index in [0.29, 0.717) is 17.1 Å². The van der Waals surface area contributed by atoms with E-state index in [1.807, 2.05) is 58.0 Å². The number of nitrogens with zero attached hydrogens (tertiary/aromatic N) is 3. The summed E-state index contributed by atoms with van der Waals surface area (Å²) in [6.45, 7) is 7.61. The van der Waals surface area contributed by atoms with Crippen LogP contribution in [0.3, 0.4) is 0 Å². The van der Waals surface area contributed by atoms with Crippen LogP contribution in [-0.2, 0) is 4.79 Å². The Morgan fingerprint density at radius 2 is 1.80 bits per heavy atom. The van der Waals surface area contributed by atoms with Gasteiger partial charge in [-0.25, -0.2) is 0 Å². The molecule has 0 aliphatic heterocycles. The normalized spacial score (nSPS) is 11.2. The number of ether oxygens (including phenoxy) is 1. The van der Waals surface area contributed by atoms with Crippen molar-refractivity contribution < 1.29 is 9.53 Å². The summed E-state index contributed by atoms with van der Waals surface area (Å²) in [6, 6.07) is 18.3. The fraction of sp³-hybridized carbons (Fsp3) is 0.143. The molecule has 0 aliphatic rings. The first-order valence-corrected chi connectivity index (χ1v) is 11.0. The van der Waals surface area contributed by atoms with E-state index < -0.39 is 11.5 Å². The number of nitrogens with one attached hydrogen (secondary N) is 1. The molecule has 0 saturated carbocycles. The second kappa shape index (κ2) is 9.65. The van der Waals surface area contributed by atoms with Gasteiger partial charge in [0.05, 0.1) is 0 Å². The fourth-order valence-electron chi connectivity index (χ4n) is 3.65. The molecule has 1 N–H and O–H groups in total. The van der Waals surface area contributed by atoms with Gasteiger partial charge in [0.1, 0.15) is 28.6 Å². The molecule has 2 aromatic carbocycles. The first kappa shape index (κ1) is 23.5. The van der Waals surface area contributed by atoms with Crippen molar-refractivity contribution >= 4 is 23.3 Å². The Hall–Kier alpha value is -4.70. The molecule has 0 bridgehead atoms. The van der Waals surface area contributed by atoms with Crippen LogP contribution in [0.2, 0.25) is 0 Å². The predicted molar refractivity (Wildman–Crippen MR) is 136 cm³/mol. The smallest absolute Gasteiger partial charge is 0.269 e. The Morgan fingerprint density at radius 3 is 2.54 bits per heavy atom. The maximum atomic E-state index is 13.5. The highest BCUT2D eigenvalue weighted by Crippen LogP contribution is 2.29. The van der Waals surface area contributed by atoms with Gasteiger partial charge < -0.3 is 10.1 Å². The van der Waals surface area contributed by atoms with E-state index in [1.165, 1.54) is 10.5 Å². The summed E-state index contributed by atoms with van der Waals surface area (Å²) >= 11 is 0. The van der Waals surface area contributed by atoms with E-state index in [-0.39, 0.29) is 17.0 Å². The third-order valence-corrected chi connectivity index (χ3v) is 5.74. The summed E-state index contributed by atoms with van der Waals surface area (Å²) in [7, 11) is 0. The maximum Gasteiger partial charge on any atom is 0.269 e. The number of nitriles is 1. The first-order chi connectivity index (χ1) is 16.8. The van der Waals surface area contributed by atoms with Crippen LogP contribution in [0.5, 0.6) is 11.6 Å². The van der Waals surface area contributed by atoms with Crippen LogP contribution in [0.25, 0.3) is 11.7 Å². The molecule has 7 nitrogen and oxygen atoms in total. The molecule has 0 radical (unpaired) electrons. The number of benzene rings is 2. The third kappa shape index (κ3) is 4.82. The van der Waals surface area contributed by atoms with Gasteiger partial charge in [0, 0.05) is 11.9 Å². The topological polar surface area (TPSA) is 96.5 Å². The van der Waals surface area contributed by atoms with Crippen molar-refractivity contribution in [3.63, 3.8) is 0 Å². The monoisotopic (exact) mass is 464 g/mol. The molecule has 0 unspecified atom stereocenters. The minimum absolute atomic E-state index is 0.00458. The zero-order valence-corrected chi connectivity index (χ0v) is 19.9. The number of amides is 1. The number of aryl methyl sites for hydroxylation is 3. The second-order valence-electron chi connectivity index (χ2n) is 8.31. The summed E-state index contributed by atoms with van der Waals surface area (Å²) in [4.78, 5) is 31.0. The molecule has 0 saturated heterocycles. The molecular weight excluding hydrogens is 440 g/mol. The minimum Gasteiger partial charge on any atom is -0.438 e. The van der Waals surface area contributed by atoms with Crippen molar-refractivity contribution in [1.82, 2.24) is 9.38 Å². The van der Waals surface area contributed by atoms with Gasteiger partial charge in [-0.3, -0.25) is 14.0 Å². The molecule has 0 aliphatic carbocycles. The number of anilines is 1. The lowest BCUT2D eigenvalue weighted by Gasteiger charge is -2.14. The molecular formula is C28H24N4O3. The number of carbonyl (C=O) groups excluding carboxylic acids is 1. The lowest BCUT2D eigenvalue weighted by atomic mass is 10.1. The van der Waals surface area contributed by atoms with Gasteiger partial charge in [0.15, 0.2) is 0 Å². The molecule has 4 rings (SSSR count). The number of hydrogen-bond donors (Lipinski definition) is 1. The van der Waals surface area contributed by atoms with Crippen molar-refractivity contribution in [1.29, 1.82) is 5.26 Å². The Kier molecular flexibility index (Phi) is 6.47. The molecule has 2 aromatic heterocycles. The SMILES string of the molecule is Cc1cccc(NC(=O)/C(C#N)=C\c2c(Oc3cccc(C)c3C)nc3c(C)cccn3c2=O)c1. The van der Waals surface area contributed by atoms with Gasteiger partial charge in [-0.2, -0.15) is 10.2 Å². The van der Waals surface area contributed by atoms with Crippen LogP contribution >= 0.6 is 0 Å². The predicted octanol–water partition coefficient (Wildman–Crippen LogP) is 5.27. The highest BCUT2D eigenvalue weighted by Gasteiger charge is 2.19. The second-order valence-corrected chi connectivity index (χ2v) is 8.31. The quantitative estimate of drug-likeness (QED) is 0.321. The third-order valence-electron chi connectivity index (χ3n) is 5.74. The van der Waals surface area contributed by atoms with E-state index in [9.17, 15) is 14.9 Å². The largest absolute Gasteiger partial charge is 0.438 e. The van der Waals surface area contributed by atoms with E-state index >= 15 is 0 Å². The average molecular weight is 465 g/mol. The fourth-order valence-corrected chi connectivity index (χ4v) is 3.65. The van der Waals surface area contributed by atoms with E-state index in [1.54, 1.807) is 36.5 Å². The highest BCUT2D eigenvalue weighted by molar-refractivity contribution is 6.09. The molecule has 174 valence electrons. The molecule has 0 atom stereocenters. The Morgan fingerprint density at radius 1 is 1.06 bits per heavy atom. The summed E-state index contributed by atoms with van der Waals surface area (Å²) in [5.74, 6) is -0.0779. The first-order valence-electron chi connectivity index (χ1n) is 11.0. The molecule has 0 spiro atoms. The highest BCUT2D eigenvalue weighted by atomic mass is 16.5. The number of rotatable bonds is 5. The number of carbonyl (C=O) groups is 1. The van der Waals surface area contributed by atoms with Crippen LogP contribution in [0.4, 0.5) is 5.69 Å². The maximum absolute atomic E-state index is 13.5. The standard InChI is InChI=1S/C28H24N4O3/c1-17-8-5-11-22(14-17)30-26(33)21(16-29)15-23-27(35-24-12-6-9-18(2)20(24)4)31-25-19(3)10-7-13-32(25)28(23)34/h5-15H,1-4H3,(H,30,33)/b21-15-. The van der Waals surface area contributed by atoms with Crippen LogP contribution in [0.1, 0.15) is 27.8 Å². The van der Waals surface area contributed by atoms with E-state index in [0.717, 1.165) is 22.3 Å². The van der Waals surface area contributed by atoms with Crippen molar-refractivity contribution in [3.8, 4) is 17.7 Å².